The molecule has 0 saturated heterocycles. The highest BCUT2D eigenvalue weighted by Crippen LogP contribution is 2.30. The van der Waals surface area contributed by atoms with E-state index in [1.165, 1.54) is 18.2 Å². The topological polar surface area (TPSA) is 134 Å². The fourth-order valence-corrected chi connectivity index (χ4v) is 6.38. The van der Waals surface area contributed by atoms with Gasteiger partial charge in [-0.25, -0.2) is 28.3 Å². The number of carbonyl (C=O) groups excluding carboxylic acids is 1. The van der Waals surface area contributed by atoms with Gasteiger partial charge in [0, 0.05) is 28.5 Å². The lowest BCUT2D eigenvalue weighted by atomic mass is 9.82. The zero-order chi connectivity index (χ0) is 28.9. The molecule has 2 aromatic carbocycles. The summed E-state index contributed by atoms with van der Waals surface area (Å²) in [4.78, 5) is 21.4. The van der Waals surface area contributed by atoms with Crippen LogP contribution < -0.4 is 20.9 Å². The number of rotatable bonds is 9. The fourth-order valence-electron chi connectivity index (χ4n) is 4.53. The number of para-hydroxylation sites is 1. The molecule has 0 radical (unpaired) electrons. The van der Waals surface area contributed by atoms with E-state index in [0.29, 0.717) is 30.8 Å². The molecule has 1 aliphatic rings. The molecule has 1 aromatic heterocycles. The van der Waals surface area contributed by atoms with Crippen molar-refractivity contribution < 1.29 is 17.9 Å². The minimum atomic E-state index is -3.69. The van der Waals surface area contributed by atoms with Crippen molar-refractivity contribution in [2.24, 2.45) is 11.8 Å². The van der Waals surface area contributed by atoms with Crippen LogP contribution in [-0.4, -0.2) is 43.2 Å². The normalized spacial score (nSPS) is 17.8. The maximum atomic E-state index is 12.7. The summed E-state index contributed by atoms with van der Waals surface area (Å²) >= 11 is 11.9. The number of benzene rings is 2. The highest BCUT2D eigenvalue weighted by atomic mass is 35.5. The molecule has 1 aliphatic carbocycles. The summed E-state index contributed by atoms with van der Waals surface area (Å²) < 4.78 is 33.3. The van der Waals surface area contributed by atoms with Gasteiger partial charge in [0.2, 0.25) is 16.0 Å². The summed E-state index contributed by atoms with van der Waals surface area (Å²) in [5.41, 5.74) is 5.49. The number of carbonyl (C=O) groups is 1. The standard InChI is InChI=1S/C27H34Cl2N6O4S/c1-27(2,3)39-26(36)35-34-24-22-6-4-5-7-23(22)32-25(33-24)30-15-17-8-10-18(11-9-17)16-31-40(37,38)21-13-19(28)12-20(29)14-21/h4-7,12-14,17-18,31H,8-11,15-16H2,1-3H3,(H,35,36)(H2,30,32,33,34). The number of hydrazine groups is 1. The average Bonchev–Trinajstić information content (AvgIpc) is 2.88. The van der Waals surface area contributed by atoms with Crippen LogP contribution in [0.5, 0.6) is 0 Å². The maximum Gasteiger partial charge on any atom is 0.426 e. The van der Waals surface area contributed by atoms with Gasteiger partial charge in [0.05, 0.1) is 10.4 Å². The number of aromatic nitrogens is 2. The molecule has 40 heavy (non-hydrogen) atoms. The molecule has 0 atom stereocenters. The van der Waals surface area contributed by atoms with Crippen molar-refractivity contribution in [2.75, 3.05) is 23.8 Å². The summed E-state index contributed by atoms with van der Waals surface area (Å²) in [5, 5.41) is 4.64. The summed E-state index contributed by atoms with van der Waals surface area (Å²) in [5.74, 6) is 1.54. The number of ether oxygens (including phenoxy) is 1. The maximum absolute atomic E-state index is 12.7. The molecule has 4 rings (SSSR count). The minimum Gasteiger partial charge on any atom is -0.443 e. The Balaban J connectivity index is 1.29. The van der Waals surface area contributed by atoms with E-state index in [-0.39, 0.29) is 20.9 Å². The summed E-state index contributed by atoms with van der Waals surface area (Å²) in [6.45, 7) is 6.41. The number of halogens is 2. The number of amides is 1. The minimum absolute atomic E-state index is 0.0634. The summed E-state index contributed by atoms with van der Waals surface area (Å²) in [6, 6.07) is 11.8. The van der Waals surface area contributed by atoms with E-state index >= 15 is 0 Å². The Bertz CT molecular complexity index is 1440. The fraction of sp³-hybridized carbons (Fsp3) is 0.444. The van der Waals surface area contributed by atoms with E-state index in [2.05, 4.69) is 30.9 Å². The van der Waals surface area contributed by atoms with Crippen LogP contribution in [0.25, 0.3) is 10.9 Å². The third-order valence-electron chi connectivity index (χ3n) is 6.51. The average molecular weight is 610 g/mol. The van der Waals surface area contributed by atoms with Gasteiger partial charge in [0.25, 0.3) is 0 Å². The van der Waals surface area contributed by atoms with Gasteiger partial charge in [-0.2, -0.15) is 4.98 Å². The second-order valence-corrected chi connectivity index (χ2v) is 13.5. The predicted molar refractivity (Wildman–Crippen MR) is 158 cm³/mol. The third kappa shape index (κ3) is 8.57. The van der Waals surface area contributed by atoms with Crippen molar-refractivity contribution in [2.45, 2.75) is 57.0 Å². The van der Waals surface area contributed by atoms with Crippen LogP contribution in [0.2, 0.25) is 10.0 Å². The van der Waals surface area contributed by atoms with Crippen LogP contribution in [0.3, 0.4) is 0 Å². The van der Waals surface area contributed by atoms with Gasteiger partial charge in [-0.1, -0.05) is 35.3 Å². The number of hydrogen-bond donors (Lipinski definition) is 4. The number of anilines is 2. The summed E-state index contributed by atoms with van der Waals surface area (Å²) in [7, 11) is -3.69. The van der Waals surface area contributed by atoms with Crippen molar-refractivity contribution in [3.8, 4) is 0 Å². The van der Waals surface area contributed by atoms with E-state index < -0.39 is 21.7 Å². The first-order chi connectivity index (χ1) is 18.9. The molecular formula is C27H34Cl2N6O4S. The molecule has 216 valence electrons. The molecule has 1 heterocycles. The van der Waals surface area contributed by atoms with Gasteiger partial charge in [-0.3, -0.25) is 5.43 Å². The molecule has 0 spiro atoms. The molecule has 0 unspecified atom stereocenters. The van der Waals surface area contributed by atoms with Gasteiger partial charge in [-0.05, 0) is 88.6 Å². The molecule has 4 N–H and O–H groups in total. The number of fused-ring (bicyclic) bond motifs is 1. The molecule has 3 aromatic rings. The zero-order valence-electron chi connectivity index (χ0n) is 22.6. The molecule has 1 fully saturated rings. The van der Waals surface area contributed by atoms with E-state index in [1.54, 1.807) is 20.8 Å². The van der Waals surface area contributed by atoms with Crippen LogP contribution in [-0.2, 0) is 14.8 Å². The largest absolute Gasteiger partial charge is 0.443 e. The van der Waals surface area contributed by atoms with Gasteiger partial charge in [-0.15, -0.1) is 0 Å². The Kier molecular flexibility index (Phi) is 9.60. The van der Waals surface area contributed by atoms with Crippen LogP contribution in [0.1, 0.15) is 46.5 Å². The lowest BCUT2D eigenvalue weighted by molar-refractivity contribution is 0.0541. The zero-order valence-corrected chi connectivity index (χ0v) is 25.0. The Hall–Kier alpha value is -2.86. The number of nitrogens with one attached hydrogen (secondary N) is 4. The summed E-state index contributed by atoms with van der Waals surface area (Å²) in [6.07, 6.45) is 3.08. The van der Waals surface area contributed by atoms with E-state index in [0.717, 1.165) is 36.6 Å². The monoisotopic (exact) mass is 608 g/mol. The third-order valence-corrected chi connectivity index (χ3v) is 8.35. The SMILES string of the molecule is CC(C)(C)OC(=O)NNc1nc(NCC2CCC(CNS(=O)(=O)c3cc(Cl)cc(Cl)c3)CC2)nc2ccccc12. The van der Waals surface area contributed by atoms with Crippen molar-refractivity contribution >= 4 is 62.0 Å². The van der Waals surface area contributed by atoms with Crippen LogP contribution in [0, 0.1) is 11.8 Å². The Morgan fingerprint density at radius 1 is 0.975 bits per heavy atom. The van der Waals surface area contributed by atoms with Crippen molar-refractivity contribution in [3.63, 3.8) is 0 Å². The van der Waals surface area contributed by atoms with E-state index in [1.807, 2.05) is 24.3 Å². The van der Waals surface area contributed by atoms with Gasteiger partial charge in [0.15, 0.2) is 5.82 Å². The predicted octanol–water partition coefficient (Wildman–Crippen LogP) is 5.99. The first kappa shape index (κ1) is 30.1. The second-order valence-electron chi connectivity index (χ2n) is 10.9. The Labute approximate surface area is 244 Å². The Morgan fingerprint density at radius 2 is 1.60 bits per heavy atom. The first-order valence-corrected chi connectivity index (χ1v) is 15.3. The van der Waals surface area contributed by atoms with Gasteiger partial charge < -0.3 is 10.1 Å². The lowest BCUT2D eigenvalue weighted by Gasteiger charge is -2.28. The van der Waals surface area contributed by atoms with Gasteiger partial charge >= 0.3 is 6.09 Å². The van der Waals surface area contributed by atoms with Crippen LogP contribution in [0.4, 0.5) is 16.6 Å². The first-order valence-electron chi connectivity index (χ1n) is 13.1. The molecular weight excluding hydrogens is 575 g/mol. The van der Waals surface area contributed by atoms with E-state index in [9.17, 15) is 13.2 Å². The molecule has 13 heteroatoms. The van der Waals surface area contributed by atoms with E-state index in [4.69, 9.17) is 27.9 Å². The van der Waals surface area contributed by atoms with Gasteiger partial charge in [0.1, 0.15) is 5.60 Å². The van der Waals surface area contributed by atoms with Crippen molar-refractivity contribution in [3.05, 3.63) is 52.5 Å². The second kappa shape index (κ2) is 12.8. The van der Waals surface area contributed by atoms with Crippen molar-refractivity contribution in [1.82, 2.24) is 20.1 Å². The quantitative estimate of drug-likeness (QED) is 0.218. The highest BCUT2D eigenvalue weighted by Gasteiger charge is 2.24. The number of hydrogen-bond acceptors (Lipinski definition) is 8. The van der Waals surface area contributed by atoms with Crippen molar-refractivity contribution in [1.29, 1.82) is 0 Å². The number of sulfonamides is 1. The molecule has 0 bridgehead atoms. The Morgan fingerprint density at radius 3 is 2.25 bits per heavy atom. The lowest BCUT2D eigenvalue weighted by Crippen LogP contribution is -2.36. The molecule has 1 saturated carbocycles. The molecule has 10 nitrogen and oxygen atoms in total. The smallest absolute Gasteiger partial charge is 0.426 e. The number of nitrogens with zero attached hydrogens (tertiary/aromatic N) is 2. The van der Waals surface area contributed by atoms with Crippen LogP contribution in [0.15, 0.2) is 47.4 Å². The molecule has 0 aliphatic heterocycles. The molecule has 1 amide bonds. The highest BCUT2D eigenvalue weighted by molar-refractivity contribution is 7.89. The van der Waals surface area contributed by atoms with Crippen LogP contribution >= 0.6 is 23.2 Å².